The molecule has 0 saturated carbocycles. The van der Waals surface area contributed by atoms with Crippen LogP contribution in [0.3, 0.4) is 0 Å². The maximum atomic E-state index is 12.0. The Labute approximate surface area is 136 Å². The van der Waals surface area contributed by atoms with Gasteiger partial charge in [0.25, 0.3) is 0 Å². The number of carbonyl (C=O) groups excluding carboxylic acids is 1. The zero-order valence-electron chi connectivity index (χ0n) is 13.6. The van der Waals surface area contributed by atoms with E-state index in [1.54, 1.807) is 19.2 Å². The first-order chi connectivity index (χ1) is 11.1. The molecule has 0 aromatic heterocycles. The fourth-order valence-corrected chi connectivity index (χ4v) is 2.06. The average Bonchev–Trinajstić information content (AvgIpc) is 2.53. The van der Waals surface area contributed by atoms with Gasteiger partial charge in [0, 0.05) is 18.3 Å². The maximum absolute atomic E-state index is 12.0. The third-order valence-corrected chi connectivity index (χ3v) is 3.05. The highest BCUT2D eigenvalue weighted by Crippen LogP contribution is 2.17. The minimum absolute atomic E-state index is 0.120. The van der Waals surface area contributed by atoms with Gasteiger partial charge in [0.05, 0.1) is 13.2 Å². The Kier molecular flexibility index (Phi) is 5.86. The molecule has 0 bridgehead atoms. The first-order valence-corrected chi connectivity index (χ1v) is 7.51. The number of rotatable bonds is 6. The molecule has 0 aliphatic carbocycles. The van der Waals surface area contributed by atoms with Gasteiger partial charge in [-0.15, -0.1) is 0 Å². The summed E-state index contributed by atoms with van der Waals surface area (Å²) in [7, 11) is 1.59. The summed E-state index contributed by atoms with van der Waals surface area (Å²) in [6.07, 6.45) is 0.120. The van der Waals surface area contributed by atoms with E-state index in [4.69, 9.17) is 9.47 Å². The van der Waals surface area contributed by atoms with Gasteiger partial charge in [0.1, 0.15) is 11.5 Å². The van der Waals surface area contributed by atoms with Gasteiger partial charge in [-0.05, 0) is 43.7 Å². The topological polar surface area (TPSA) is 59.6 Å². The van der Waals surface area contributed by atoms with Crippen molar-refractivity contribution in [3.8, 4) is 11.5 Å². The van der Waals surface area contributed by atoms with Gasteiger partial charge in [0.15, 0.2) is 0 Å². The molecule has 0 aliphatic rings. The van der Waals surface area contributed by atoms with Gasteiger partial charge in [-0.1, -0.05) is 18.2 Å². The number of methoxy groups -OCH3 is 1. The van der Waals surface area contributed by atoms with Crippen molar-refractivity contribution >= 4 is 11.7 Å². The van der Waals surface area contributed by atoms with Crippen molar-refractivity contribution in [2.75, 3.05) is 12.4 Å². The molecule has 2 aromatic carbocycles. The molecule has 5 heteroatoms. The van der Waals surface area contributed by atoms with Crippen molar-refractivity contribution in [3.05, 3.63) is 54.1 Å². The summed E-state index contributed by atoms with van der Waals surface area (Å²) in [5.41, 5.74) is 1.66. The van der Waals surface area contributed by atoms with Crippen molar-refractivity contribution in [1.82, 2.24) is 5.32 Å². The zero-order chi connectivity index (χ0) is 16.7. The Bertz CT molecular complexity index is 656. The van der Waals surface area contributed by atoms with Crippen LogP contribution in [0, 0.1) is 0 Å². The van der Waals surface area contributed by atoms with E-state index in [1.807, 2.05) is 50.2 Å². The Balaban J connectivity index is 1.88. The average molecular weight is 314 g/mol. The summed E-state index contributed by atoms with van der Waals surface area (Å²) in [6.45, 7) is 4.38. The fourth-order valence-electron chi connectivity index (χ4n) is 2.06. The number of amides is 2. The number of hydrogen-bond acceptors (Lipinski definition) is 3. The molecule has 23 heavy (non-hydrogen) atoms. The lowest BCUT2D eigenvalue weighted by molar-refractivity contribution is 0.242. The molecule has 0 aliphatic heterocycles. The van der Waals surface area contributed by atoms with E-state index in [1.165, 1.54) is 0 Å². The lowest BCUT2D eigenvalue weighted by atomic mass is 10.2. The third kappa shape index (κ3) is 5.54. The number of hydrogen-bond donors (Lipinski definition) is 2. The largest absolute Gasteiger partial charge is 0.497 e. The number of anilines is 1. The maximum Gasteiger partial charge on any atom is 0.319 e. The Hall–Kier alpha value is -2.69. The van der Waals surface area contributed by atoms with Crippen molar-refractivity contribution in [1.29, 1.82) is 0 Å². The molecule has 2 aromatic rings. The summed E-state index contributed by atoms with van der Waals surface area (Å²) < 4.78 is 10.8. The quantitative estimate of drug-likeness (QED) is 0.852. The Morgan fingerprint density at radius 2 is 1.83 bits per heavy atom. The molecule has 0 spiro atoms. The molecule has 0 atom stereocenters. The third-order valence-electron chi connectivity index (χ3n) is 3.05. The van der Waals surface area contributed by atoms with Crippen LogP contribution in [0.25, 0.3) is 0 Å². The zero-order valence-corrected chi connectivity index (χ0v) is 13.6. The van der Waals surface area contributed by atoms with Crippen LogP contribution in [-0.4, -0.2) is 19.2 Å². The highest BCUT2D eigenvalue weighted by atomic mass is 16.5. The minimum atomic E-state index is -0.270. The van der Waals surface area contributed by atoms with Gasteiger partial charge in [0.2, 0.25) is 0 Å². The molecular formula is C18H22N2O3. The summed E-state index contributed by atoms with van der Waals surface area (Å²) in [5.74, 6) is 1.49. The predicted molar refractivity (Wildman–Crippen MR) is 91.1 cm³/mol. The van der Waals surface area contributed by atoms with Crippen LogP contribution in [0.2, 0.25) is 0 Å². The fraction of sp³-hybridized carbons (Fsp3) is 0.278. The Morgan fingerprint density at radius 1 is 1.09 bits per heavy atom. The SMILES string of the molecule is COc1cccc(NC(=O)NCc2cccc(OC(C)C)c2)c1. The van der Waals surface area contributed by atoms with Crippen LogP contribution >= 0.6 is 0 Å². The smallest absolute Gasteiger partial charge is 0.319 e. The number of nitrogens with one attached hydrogen (secondary N) is 2. The van der Waals surface area contributed by atoms with Crippen molar-refractivity contribution in [2.45, 2.75) is 26.5 Å². The second-order valence-electron chi connectivity index (χ2n) is 5.35. The van der Waals surface area contributed by atoms with Gasteiger partial charge < -0.3 is 20.1 Å². The van der Waals surface area contributed by atoms with Crippen LogP contribution in [0.5, 0.6) is 11.5 Å². The first-order valence-electron chi connectivity index (χ1n) is 7.51. The molecule has 0 saturated heterocycles. The van der Waals surface area contributed by atoms with Crippen molar-refractivity contribution in [2.24, 2.45) is 0 Å². The van der Waals surface area contributed by atoms with Crippen LogP contribution in [0.15, 0.2) is 48.5 Å². The number of ether oxygens (including phenoxy) is 2. The molecular weight excluding hydrogens is 292 g/mol. The summed E-state index contributed by atoms with van der Waals surface area (Å²) in [4.78, 5) is 12.0. The standard InChI is InChI=1S/C18H22N2O3/c1-13(2)23-17-9-4-6-14(10-17)12-19-18(21)20-15-7-5-8-16(11-15)22-3/h4-11,13H,12H2,1-3H3,(H2,19,20,21). The molecule has 2 N–H and O–H groups in total. The molecule has 0 heterocycles. The van der Waals surface area contributed by atoms with Gasteiger partial charge >= 0.3 is 6.03 Å². The Morgan fingerprint density at radius 3 is 2.57 bits per heavy atom. The van der Waals surface area contributed by atoms with Crippen molar-refractivity contribution in [3.63, 3.8) is 0 Å². The van der Waals surface area contributed by atoms with E-state index in [0.717, 1.165) is 11.3 Å². The molecule has 0 radical (unpaired) electrons. The summed E-state index contributed by atoms with van der Waals surface area (Å²) >= 11 is 0. The number of carbonyl (C=O) groups is 1. The van der Waals surface area contributed by atoms with Gasteiger partial charge in [-0.2, -0.15) is 0 Å². The lowest BCUT2D eigenvalue weighted by Gasteiger charge is -2.12. The highest BCUT2D eigenvalue weighted by Gasteiger charge is 2.04. The highest BCUT2D eigenvalue weighted by molar-refractivity contribution is 5.89. The molecule has 122 valence electrons. The summed E-state index contributed by atoms with van der Waals surface area (Å²) in [5, 5.41) is 5.59. The second kappa shape index (κ2) is 8.08. The minimum Gasteiger partial charge on any atom is -0.497 e. The molecule has 5 nitrogen and oxygen atoms in total. The van der Waals surface area contributed by atoms with Crippen molar-refractivity contribution < 1.29 is 14.3 Å². The van der Waals surface area contributed by atoms with E-state index < -0.39 is 0 Å². The van der Waals surface area contributed by atoms with Crippen LogP contribution in [0.4, 0.5) is 10.5 Å². The van der Waals surface area contributed by atoms with E-state index >= 15 is 0 Å². The van der Waals surface area contributed by atoms with E-state index in [2.05, 4.69) is 10.6 Å². The van der Waals surface area contributed by atoms with Crippen LogP contribution < -0.4 is 20.1 Å². The van der Waals surface area contributed by atoms with Gasteiger partial charge in [-0.3, -0.25) is 0 Å². The number of benzene rings is 2. The van der Waals surface area contributed by atoms with E-state index in [-0.39, 0.29) is 12.1 Å². The predicted octanol–water partition coefficient (Wildman–Crippen LogP) is 3.80. The van der Waals surface area contributed by atoms with Crippen LogP contribution in [0.1, 0.15) is 19.4 Å². The van der Waals surface area contributed by atoms with E-state index in [0.29, 0.717) is 18.0 Å². The first kappa shape index (κ1) is 16.7. The molecule has 0 unspecified atom stereocenters. The second-order valence-corrected chi connectivity index (χ2v) is 5.35. The molecule has 2 rings (SSSR count). The summed E-state index contributed by atoms with van der Waals surface area (Å²) in [6, 6.07) is 14.6. The lowest BCUT2D eigenvalue weighted by Crippen LogP contribution is -2.28. The van der Waals surface area contributed by atoms with Crippen LogP contribution in [-0.2, 0) is 6.54 Å². The van der Waals surface area contributed by atoms with E-state index in [9.17, 15) is 4.79 Å². The number of urea groups is 1. The normalized spacial score (nSPS) is 10.3. The monoisotopic (exact) mass is 314 g/mol. The molecule has 2 amide bonds. The molecule has 0 fully saturated rings. The van der Waals surface area contributed by atoms with Gasteiger partial charge in [-0.25, -0.2) is 4.79 Å².